The van der Waals surface area contributed by atoms with E-state index in [4.69, 9.17) is 38.3 Å². The van der Waals surface area contributed by atoms with E-state index in [-0.39, 0.29) is 65.6 Å². The van der Waals surface area contributed by atoms with Crippen LogP contribution in [0, 0.1) is 35.5 Å². The van der Waals surface area contributed by atoms with Crippen LogP contribution in [-0.2, 0) is 57.1 Å². The number of hydrogen-bond donors (Lipinski definition) is 5. The Hall–Kier alpha value is -3.93. The van der Waals surface area contributed by atoms with Gasteiger partial charge >= 0.3 is 17.9 Å². The molecule has 0 radical (unpaired) electrons. The number of unbranched alkanes of at least 4 members (excludes halogenated alkanes) is 1. The van der Waals surface area contributed by atoms with Crippen LogP contribution < -0.4 is 0 Å². The van der Waals surface area contributed by atoms with Crippen molar-refractivity contribution in [1.29, 1.82) is 0 Å². The molecular formula is C63H105N3O17. The van der Waals surface area contributed by atoms with Crippen molar-refractivity contribution in [2.45, 2.75) is 232 Å². The summed E-state index contributed by atoms with van der Waals surface area (Å²) in [5, 5.41) is 48.8. The molecule has 17 atom stereocenters. The molecule has 0 amide bonds. The van der Waals surface area contributed by atoms with Crippen LogP contribution in [0.5, 0.6) is 0 Å². The third-order valence-electron chi connectivity index (χ3n) is 17.8. The Kier molecular flexibility index (Phi) is 27.3. The predicted octanol–water partition coefficient (Wildman–Crippen LogP) is 7.10. The second kappa shape index (κ2) is 31.6. The molecule has 20 heteroatoms. The number of allylic oxidation sites excluding steroid dienone is 4. The van der Waals surface area contributed by atoms with E-state index in [2.05, 4.69) is 36.0 Å². The van der Waals surface area contributed by atoms with Gasteiger partial charge in [0.15, 0.2) is 18.4 Å². The van der Waals surface area contributed by atoms with Gasteiger partial charge in [0.1, 0.15) is 29.3 Å². The fraction of sp³-hybridized carbons (Fsp3) is 0.794. The Morgan fingerprint density at radius 3 is 2.14 bits per heavy atom. The molecule has 4 saturated heterocycles. The van der Waals surface area contributed by atoms with Gasteiger partial charge in [0, 0.05) is 87.1 Å². The highest BCUT2D eigenvalue weighted by atomic mass is 16.7. The van der Waals surface area contributed by atoms with E-state index in [1.807, 2.05) is 73.4 Å². The van der Waals surface area contributed by atoms with Gasteiger partial charge in [-0.3, -0.25) is 19.2 Å². The van der Waals surface area contributed by atoms with Gasteiger partial charge in [-0.2, -0.15) is 0 Å². The molecule has 5 heterocycles. The highest BCUT2D eigenvalue weighted by molar-refractivity contribution is 6.05. The Labute approximate surface area is 494 Å². The number of nitrogens with zero attached hydrogens (tertiary/aromatic N) is 3. The third-order valence-corrected chi connectivity index (χ3v) is 17.8. The number of aliphatic hydroxyl groups is 4. The van der Waals surface area contributed by atoms with Crippen molar-refractivity contribution >= 4 is 29.5 Å². The number of cyclic esters (lactones) is 1. The van der Waals surface area contributed by atoms with Crippen molar-refractivity contribution in [3.8, 4) is 0 Å². The molecule has 0 saturated carbocycles. The van der Waals surface area contributed by atoms with Gasteiger partial charge in [-0.15, -0.1) is 0 Å². The van der Waals surface area contributed by atoms with E-state index < -0.39 is 77.5 Å². The average molecular weight is 1180 g/mol. The van der Waals surface area contributed by atoms with E-state index in [1.54, 1.807) is 34.1 Å². The summed E-state index contributed by atoms with van der Waals surface area (Å²) in [5.74, 6) is -4.25. The number of ketones is 2. The summed E-state index contributed by atoms with van der Waals surface area (Å²) in [6, 6.07) is 0.303. The van der Waals surface area contributed by atoms with Crippen LogP contribution in [0.25, 0.3) is 0 Å². The van der Waals surface area contributed by atoms with Crippen LogP contribution in [-0.4, -0.2) is 197 Å². The predicted molar refractivity (Wildman–Crippen MR) is 313 cm³/mol. The Morgan fingerprint density at radius 1 is 0.867 bits per heavy atom. The SMILES string of the molecule is CC1C[C@H](O)OC(C)[C@@H]1OC(=O)CCCN(C)CCCCC1=CC2=C3C(C=C1)COC(C)(C)N3C=C(C(=O)O)CC2=O.CC[C@H]1OC(=O)C(C)C[C@H](C)[C@@H](OC2CC(N(C)C)CC(C)O2)C(C)(OC)C[C@@H](C)C(=O)C(C)C(O)C1(C)O.CO. The number of carboxylic acids is 1. The first-order valence-corrected chi connectivity index (χ1v) is 30.2. The molecule has 0 aromatic carbocycles. The average Bonchev–Trinajstić information content (AvgIpc) is 3.26. The van der Waals surface area contributed by atoms with E-state index in [0.29, 0.717) is 63.2 Å². The molecule has 11 unspecified atom stereocenters. The molecule has 0 spiro atoms. The second-order valence-corrected chi connectivity index (χ2v) is 25.5. The molecule has 20 nitrogen and oxygen atoms in total. The monoisotopic (exact) mass is 1180 g/mol. The normalized spacial score (nSPS) is 36.2. The zero-order valence-electron chi connectivity index (χ0n) is 53.1. The molecule has 1 aliphatic carbocycles. The van der Waals surface area contributed by atoms with Gasteiger partial charge < -0.3 is 73.4 Å². The number of esters is 2. The maximum atomic E-state index is 13.6. The van der Waals surface area contributed by atoms with Crippen molar-refractivity contribution in [3.63, 3.8) is 0 Å². The molecule has 0 aromatic heterocycles. The first kappa shape index (κ1) is 71.6. The van der Waals surface area contributed by atoms with Crippen molar-refractivity contribution in [1.82, 2.24) is 14.7 Å². The molecular weight excluding hydrogens is 1070 g/mol. The van der Waals surface area contributed by atoms with Gasteiger partial charge in [0.2, 0.25) is 0 Å². The summed E-state index contributed by atoms with van der Waals surface area (Å²) in [5.41, 5.74) is -0.942. The summed E-state index contributed by atoms with van der Waals surface area (Å²) in [7, 11) is 8.77. The van der Waals surface area contributed by atoms with Gasteiger partial charge in [0.25, 0.3) is 0 Å². The summed E-state index contributed by atoms with van der Waals surface area (Å²) in [6.07, 6.45) is 9.61. The lowest BCUT2D eigenvalue weighted by atomic mass is 9.74. The van der Waals surface area contributed by atoms with Crippen LogP contribution in [0.2, 0.25) is 0 Å². The zero-order chi connectivity index (χ0) is 62.5. The topological polar surface area (TPSA) is 261 Å². The lowest BCUT2D eigenvalue weighted by Crippen LogP contribution is -2.57. The number of aliphatic carboxylic acids is 1. The number of Topliss-reactive ketones (excluding diaryl/α,β-unsaturated/α-hetero) is 2. The van der Waals surface area contributed by atoms with E-state index in [0.717, 1.165) is 57.2 Å². The van der Waals surface area contributed by atoms with Crippen molar-refractivity contribution in [2.24, 2.45) is 35.5 Å². The standard InChI is InChI=1S/C32H46N2O8.C30H55NO8.CH4O/c1-20-15-28(37)41-21(2)30(20)42-27(36)10-8-14-33(5)13-7-6-9-22-11-12-23-19-40-32(3,4)34-18-24(31(38)39)17-26(35)25(16-22)29(23)34;1-12-23-30(8,35)26(33)21(6)25(32)19(4)16-29(7,36-11)27(17(2)13-18(3)28(34)38-23)39-24-15-22(31(9)10)14-20(5)37-24;1-2/h11-12,16,18,20-21,23,28,30,37H,6-10,13-15,17,19H2,1-5H3,(H,38,39);17-24,26-27,33,35H,12-16H2,1-11H3;2H,1H3/t20?,21?,23?,28-,30-;17-,18?,19+,20?,21?,22?,23+,24?,26?,27+,29?,30?;/m10./s1. The molecule has 474 valence electrons. The minimum absolute atomic E-state index is 0.0225. The van der Waals surface area contributed by atoms with E-state index in [1.165, 1.54) is 6.92 Å². The van der Waals surface area contributed by atoms with Crippen LogP contribution in [0.15, 0.2) is 46.8 Å². The molecule has 6 aliphatic rings. The number of carbonyl (C=O) groups is 5. The summed E-state index contributed by atoms with van der Waals surface area (Å²) in [4.78, 5) is 70.5. The van der Waals surface area contributed by atoms with E-state index >= 15 is 0 Å². The Morgan fingerprint density at radius 2 is 1.53 bits per heavy atom. The number of hydrogen-bond acceptors (Lipinski definition) is 19. The minimum atomic E-state index is -1.79. The lowest BCUT2D eigenvalue weighted by Gasteiger charge is -2.46. The minimum Gasteiger partial charge on any atom is -0.478 e. The number of carbonyl (C=O) groups excluding carboxylic acids is 4. The van der Waals surface area contributed by atoms with Crippen molar-refractivity contribution in [3.05, 3.63) is 46.8 Å². The van der Waals surface area contributed by atoms with Crippen molar-refractivity contribution < 1.29 is 82.7 Å². The number of methoxy groups -OCH3 is 1. The quantitative estimate of drug-likeness (QED) is 0.0762. The molecule has 0 bridgehead atoms. The number of ether oxygens (including phenoxy) is 7. The molecule has 6 rings (SSSR count). The number of aliphatic hydroxyl groups excluding tert-OH is 3. The maximum absolute atomic E-state index is 13.6. The first-order chi connectivity index (χ1) is 38.8. The number of rotatable bonds is 16. The van der Waals surface area contributed by atoms with Crippen LogP contribution in [0.1, 0.15) is 160 Å². The fourth-order valence-corrected chi connectivity index (χ4v) is 12.8. The summed E-state index contributed by atoms with van der Waals surface area (Å²) >= 11 is 0. The first-order valence-electron chi connectivity index (χ1n) is 30.2. The van der Waals surface area contributed by atoms with Gasteiger partial charge in [-0.25, -0.2) is 4.79 Å². The van der Waals surface area contributed by atoms with E-state index in [9.17, 15) is 44.4 Å². The molecule has 0 aromatic rings. The van der Waals surface area contributed by atoms with Gasteiger partial charge in [-0.1, -0.05) is 53.7 Å². The Balaban J connectivity index is 0.000000347. The largest absolute Gasteiger partial charge is 0.478 e. The maximum Gasteiger partial charge on any atom is 0.333 e. The third kappa shape index (κ3) is 19.0. The van der Waals surface area contributed by atoms with Crippen LogP contribution in [0.3, 0.4) is 0 Å². The van der Waals surface area contributed by atoms with Crippen LogP contribution >= 0.6 is 0 Å². The summed E-state index contributed by atoms with van der Waals surface area (Å²) < 4.78 is 41.9. The number of carboxylic acid groups (broad SMARTS) is 1. The summed E-state index contributed by atoms with van der Waals surface area (Å²) in [6.45, 7) is 24.1. The second-order valence-electron chi connectivity index (χ2n) is 25.5. The van der Waals surface area contributed by atoms with Gasteiger partial charge in [0.05, 0.1) is 48.1 Å². The van der Waals surface area contributed by atoms with Crippen LogP contribution in [0.4, 0.5) is 0 Å². The lowest BCUT2D eigenvalue weighted by molar-refractivity contribution is -0.265. The zero-order valence-corrected chi connectivity index (χ0v) is 53.1. The Bertz CT molecular complexity index is 2290. The fourth-order valence-electron chi connectivity index (χ4n) is 12.8. The molecule has 5 aliphatic heterocycles. The smallest absolute Gasteiger partial charge is 0.333 e. The highest BCUT2D eigenvalue weighted by Crippen LogP contribution is 2.42. The molecule has 83 heavy (non-hydrogen) atoms. The highest BCUT2D eigenvalue weighted by Gasteiger charge is 2.50. The molecule has 4 fully saturated rings. The molecule has 5 N–H and O–H groups in total. The van der Waals surface area contributed by atoms with Crippen molar-refractivity contribution in [2.75, 3.05) is 55.1 Å². The van der Waals surface area contributed by atoms with Gasteiger partial charge in [-0.05, 0) is 145 Å².